The average molecular weight is 274 g/mol. The summed E-state index contributed by atoms with van der Waals surface area (Å²) in [4.78, 5) is 12.5. The first kappa shape index (κ1) is 14.9. The van der Waals surface area contributed by atoms with Crippen LogP contribution in [0.4, 0.5) is 5.69 Å². The summed E-state index contributed by atoms with van der Waals surface area (Å²) in [7, 11) is 0. The van der Waals surface area contributed by atoms with E-state index in [-0.39, 0.29) is 17.4 Å². The van der Waals surface area contributed by atoms with Gasteiger partial charge < -0.3 is 11.1 Å². The molecule has 1 fully saturated rings. The molecule has 1 amide bonds. The molecule has 0 saturated heterocycles. The minimum atomic E-state index is 0.00850. The Morgan fingerprint density at radius 3 is 2.60 bits per heavy atom. The van der Waals surface area contributed by atoms with Gasteiger partial charge in [-0.05, 0) is 49.3 Å². The molecule has 1 unspecified atom stereocenters. The summed E-state index contributed by atoms with van der Waals surface area (Å²) >= 11 is 0. The highest BCUT2D eigenvalue weighted by atomic mass is 16.1. The number of carbonyl (C=O) groups is 1. The van der Waals surface area contributed by atoms with Crippen LogP contribution in [0.3, 0.4) is 0 Å². The smallest absolute Gasteiger partial charge is 0.251 e. The molecule has 20 heavy (non-hydrogen) atoms. The van der Waals surface area contributed by atoms with Crippen molar-refractivity contribution < 1.29 is 4.79 Å². The fraction of sp³-hybridized carbons (Fsp3) is 0.588. The van der Waals surface area contributed by atoms with Crippen LogP contribution in [-0.2, 0) is 0 Å². The number of nitrogens with one attached hydrogen (secondary N) is 1. The maximum absolute atomic E-state index is 12.5. The van der Waals surface area contributed by atoms with E-state index in [0.717, 1.165) is 17.5 Å². The molecule has 1 aliphatic carbocycles. The van der Waals surface area contributed by atoms with Gasteiger partial charge >= 0.3 is 0 Å². The van der Waals surface area contributed by atoms with Crippen molar-refractivity contribution in [1.82, 2.24) is 5.32 Å². The minimum absolute atomic E-state index is 0.00850. The Morgan fingerprint density at radius 2 is 1.95 bits per heavy atom. The minimum Gasteiger partial charge on any atom is -0.398 e. The van der Waals surface area contributed by atoms with Gasteiger partial charge in [0.15, 0.2) is 0 Å². The summed E-state index contributed by atoms with van der Waals surface area (Å²) < 4.78 is 0. The fourth-order valence-corrected chi connectivity index (χ4v) is 3.11. The van der Waals surface area contributed by atoms with E-state index < -0.39 is 0 Å². The van der Waals surface area contributed by atoms with Gasteiger partial charge in [0, 0.05) is 17.3 Å². The van der Waals surface area contributed by atoms with Crippen molar-refractivity contribution in [2.75, 3.05) is 5.73 Å². The second-order valence-corrected chi connectivity index (χ2v) is 6.78. The summed E-state index contributed by atoms with van der Waals surface area (Å²) in [5.74, 6) is 0.00850. The lowest BCUT2D eigenvalue weighted by molar-refractivity contribution is 0.0853. The number of rotatable bonds is 2. The van der Waals surface area contributed by atoms with Crippen LogP contribution in [0.25, 0.3) is 0 Å². The molecule has 0 heterocycles. The van der Waals surface area contributed by atoms with Gasteiger partial charge in [-0.15, -0.1) is 0 Å². The Hall–Kier alpha value is -1.51. The number of benzene rings is 1. The zero-order valence-electron chi connectivity index (χ0n) is 13.0. The first-order valence-electron chi connectivity index (χ1n) is 7.49. The van der Waals surface area contributed by atoms with Crippen molar-refractivity contribution >= 4 is 11.6 Å². The highest BCUT2D eigenvalue weighted by Gasteiger charge is 2.33. The van der Waals surface area contributed by atoms with Gasteiger partial charge in [0.25, 0.3) is 5.91 Å². The van der Waals surface area contributed by atoms with Crippen LogP contribution in [0.2, 0.25) is 0 Å². The van der Waals surface area contributed by atoms with E-state index in [2.05, 4.69) is 19.2 Å². The predicted molar refractivity (Wildman–Crippen MR) is 83.8 cm³/mol. The van der Waals surface area contributed by atoms with Crippen LogP contribution in [0.15, 0.2) is 12.1 Å². The first-order valence-corrected chi connectivity index (χ1v) is 7.49. The molecular formula is C17H26N2O. The van der Waals surface area contributed by atoms with E-state index in [0.29, 0.717) is 11.3 Å². The molecule has 0 radical (unpaired) electrons. The number of amides is 1. The average Bonchev–Trinajstić information content (AvgIpc) is 2.36. The van der Waals surface area contributed by atoms with E-state index >= 15 is 0 Å². The van der Waals surface area contributed by atoms with Crippen LogP contribution in [-0.4, -0.2) is 11.9 Å². The molecule has 2 rings (SSSR count). The lowest BCUT2D eigenvalue weighted by atomic mass is 9.73. The molecule has 1 aliphatic rings. The fourth-order valence-electron chi connectivity index (χ4n) is 3.11. The van der Waals surface area contributed by atoms with Crippen LogP contribution in [0, 0.1) is 19.3 Å². The number of hydrogen-bond donors (Lipinski definition) is 2. The molecule has 0 bridgehead atoms. The van der Waals surface area contributed by atoms with E-state index in [1.54, 1.807) is 6.07 Å². The van der Waals surface area contributed by atoms with Crippen LogP contribution < -0.4 is 11.1 Å². The van der Waals surface area contributed by atoms with Crippen molar-refractivity contribution in [3.63, 3.8) is 0 Å². The third-order valence-electron chi connectivity index (χ3n) is 4.67. The van der Waals surface area contributed by atoms with Gasteiger partial charge in [-0.25, -0.2) is 0 Å². The molecule has 1 aromatic carbocycles. The third-order valence-corrected chi connectivity index (χ3v) is 4.67. The molecule has 3 heteroatoms. The second-order valence-electron chi connectivity index (χ2n) is 6.78. The SMILES string of the molecule is Cc1cc(C)c(C(=O)NC2CCCCC2(C)C)cc1N. The van der Waals surface area contributed by atoms with Crippen molar-refractivity contribution in [1.29, 1.82) is 0 Å². The summed E-state index contributed by atoms with van der Waals surface area (Å²) in [6.45, 7) is 8.42. The number of carbonyl (C=O) groups excluding carboxylic acids is 1. The van der Waals surface area contributed by atoms with Gasteiger partial charge in [-0.1, -0.05) is 32.8 Å². The topological polar surface area (TPSA) is 55.1 Å². The van der Waals surface area contributed by atoms with Crippen LogP contribution in [0.1, 0.15) is 61.0 Å². The van der Waals surface area contributed by atoms with E-state index in [1.807, 2.05) is 19.9 Å². The highest BCUT2D eigenvalue weighted by Crippen LogP contribution is 2.35. The molecule has 1 atom stereocenters. The maximum Gasteiger partial charge on any atom is 0.251 e. The standard InChI is InChI=1S/C17H26N2O/c1-11-9-12(2)14(18)10-13(11)16(20)19-15-7-5-6-8-17(15,3)4/h9-10,15H,5-8,18H2,1-4H3,(H,19,20). The van der Waals surface area contributed by atoms with Gasteiger partial charge in [0.1, 0.15) is 0 Å². The quantitative estimate of drug-likeness (QED) is 0.810. The molecule has 0 spiro atoms. The molecule has 0 aromatic heterocycles. The second kappa shape index (κ2) is 5.47. The van der Waals surface area contributed by atoms with Gasteiger partial charge in [-0.2, -0.15) is 0 Å². The predicted octanol–water partition coefficient (Wildman–Crippen LogP) is 3.58. The Balaban J connectivity index is 2.18. The largest absolute Gasteiger partial charge is 0.398 e. The van der Waals surface area contributed by atoms with Gasteiger partial charge in [0.05, 0.1) is 0 Å². The van der Waals surface area contributed by atoms with E-state index in [4.69, 9.17) is 5.73 Å². The van der Waals surface area contributed by atoms with Gasteiger partial charge in [-0.3, -0.25) is 4.79 Å². The van der Waals surface area contributed by atoms with Crippen molar-refractivity contribution in [2.24, 2.45) is 5.41 Å². The van der Waals surface area contributed by atoms with Gasteiger partial charge in [0.2, 0.25) is 0 Å². The number of anilines is 1. The Bertz CT molecular complexity index is 520. The molecule has 3 N–H and O–H groups in total. The Labute approximate surface area is 121 Å². The molecule has 110 valence electrons. The summed E-state index contributed by atoms with van der Waals surface area (Å²) in [6, 6.07) is 4.04. The van der Waals surface area contributed by atoms with Crippen molar-refractivity contribution in [2.45, 2.75) is 59.4 Å². The Kier molecular flexibility index (Phi) is 4.07. The lowest BCUT2D eigenvalue weighted by Crippen LogP contribution is -2.47. The molecule has 3 nitrogen and oxygen atoms in total. The first-order chi connectivity index (χ1) is 9.31. The van der Waals surface area contributed by atoms with E-state index in [9.17, 15) is 4.79 Å². The number of nitrogens with two attached hydrogens (primary N) is 1. The zero-order chi connectivity index (χ0) is 14.9. The molecule has 1 saturated carbocycles. The number of aryl methyl sites for hydroxylation is 2. The number of nitrogen functional groups attached to an aromatic ring is 1. The summed E-state index contributed by atoms with van der Waals surface area (Å²) in [6.07, 6.45) is 4.70. The zero-order valence-corrected chi connectivity index (χ0v) is 13.0. The summed E-state index contributed by atoms with van der Waals surface area (Å²) in [5, 5.41) is 3.22. The monoisotopic (exact) mass is 274 g/mol. The number of hydrogen-bond acceptors (Lipinski definition) is 2. The Morgan fingerprint density at radius 1 is 1.25 bits per heavy atom. The lowest BCUT2D eigenvalue weighted by Gasteiger charge is -2.39. The molecular weight excluding hydrogens is 248 g/mol. The van der Waals surface area contributed by atoms with Crippen LogP contribution in [0.5, 0.6) is 0 Å². The molecule has 1 aromatic rings. The summed E-state index contributed by atoms with van der Waals surface area (Å²) in [5.41, 5.74) is 9.51. The molecule has 0 aliphatic heterocycles. The van der Waals surface area contributed by atoms with Crippen molar-refractivity contribution in [3.8, 4) is 0 Å². The van der Waals surface area contributed by atoms with E-state index in [1.165, 1.54) is 19.3 Å². The normalized spacial score (nSPS) is 21.5. The van der Waals surface area contributed by atoms with Crippen molar-refractivity contribution in [3.05, 3.63) is 28.8 Å². The van der Waals surface area contributed by atoms with Crippen LogP contribution >= 0.6 is 0 Å². The highest BCUT2D eigenvalue weighted by molar-refractivity contribution is 5.97. The maximum atomic E-state index is 12.5. The third kappa shape index (κ3) is 2.97.